The second-order valence-electron chi connectivity index (χ2n) is 8.22. The van der Waals surface area contributed by atoms with Gasteiger partial charge < -0.3 is 9.64 Å². The fraction of sp³-hybridized carbons (Fsp3) is 0.478. The minimum Gasteiger partial charge on any atom is -0.492 e. The zero-order valence-corrected chi connectivity index (χ0v) is 16.6. The van der Waals surface area contributed by atoms with Crippen molar-refractivity contribution in [3.05, 3.63) is 59.9 Å². The van der Waals surface area contributed by atoms with E-state index in [9.17, 15) is 4.79 Å². The Balaban J connectivity index is 1.52. The van der Waals surface area contributed by atoms with Gasteiger partial charge in [-0.3, -0.25) is 14.7 Å². The number of nitrogens with zero attached hydrogens (tertiary/aromatic N) is 3. The van der Waals surface area contributed by atoms with E-state index in [0.29, 0.717) is 6.61 Å². The molecule has 0 saturated heterocycles. The molecule has 1 aromatic heterocycles. The predicted molar refractivity (Wildman–Crippen MR) is 109 cm³/mol. The minimum atomic E-state index is -0.290. The van der Waals surface area contributed by atoms with Crippen molar-refractivity contribution in [1.29, 1.82) is 0 Å². The van der Waals surface area contributed by atoms with Gasteiger partial charge in [0.15, 0.2) is 0 Å². The van der Waals surface area contributed by atoms with E-state index in [1.807, 2.05) is 42.5 Å². The quantitative estimate of drug-likeness (QED) is 0.801. The highest BCUT2D eigenvalue weighted by atomic mass is 16.5. The summed E-state index contributed by atoms with van der Waals surface area (Å²) in [5.74, 6) is 1.10. The Morgan fingerprint density at radius 1 is 1.14 bits per heavy atom. The summed E-state index contributed by atoms with van der Waals surface area (Å²) in [5.41, 5.74) is 2.17. The summed E-state index contributed by atoms with van der Waals surface area (Å²) in [7, 11) is 1.93. The van der Waals surface area contributed by atoms with E-state index in [4.69, 9.17) is 4.74 Å². The zero-order valence-electron chi connectivity index (χ0n) is 16.6. The van der Waals surface area contributed by atoms with Gasteiger partial charge in [-0.1, -0.05) is 18.2 Å². The number of pyridine rings is 1. The van der Waals surface area contributed by atoms with Gasteiger partial charge in [0.1, 0.15) is 12.4 Å². The van der Waals surface area contributed by atoms with Crippen molar-refractivity contribution in [1.82, 2.24) is 14.8 Å². The Morgan fingerprint density at radius 2 is 2.00 bits per heavy atom. The van der Waals surface area contributed by atoms with Crippen molar-refractivity contribution < 1.29 is 9.53 Å². The van der Waals surface area contributed by atoms with Gasteiger partial charge in [-0.2, -0.15) is 0 Å². The number of benzene rings is 1. The number of hydrogen-bond acceptors (Lipinski definition) is 4. The second kappa shape index (κ2) is 8.31. The highest BCUT2D eigenvalue weighted by Crippen LogP contribution is 2.47. The number of carbonyl (C=O) groups is 1. The van der Waals surface area contributed by atoms with Gasteiger partial charge in [-0.05, 0) is 61.6 Å². The van der Waals surface area contributed by atoms with E-state index in [0.717, 1.165) is 57.6 Å². The molecule has 4 rings (SSSR count). The van der Waals surface area contributed by atoms with Crippen LogP contribution in [0.1, 0.15) is 36.8 Å². The van der Waals surface area contributed by atoms with Gasteiger partial charge in [-0.25, -0.2) is 0 Å². The smallest absolute Gasteiger partial charge is 0.231 e. The van der Waals surface area contributed by atoms with Gasteiger partial charge >= 0.3 is 0 Å². The molecule has 2 bridgehead atoms. The van der Waals surface area contributed by atoms with Crippen LogP contribution in [0.5, 0.6) is 5.75 Å². The van der Waals surface area contributed by atoms with Crippen molar-refractivity contribution in [3.8, 4) is 5.75 Å². The second-order valence-corrected chi connectivity index (χ2v) is 8.22. The third-order valence-electron chi connectivity index (χ3n) is 5.82. The maximum Gasteiger partial charge on any atom is 0.231 e. The average Bonchev–Trinajstić information content (AvgIpc) is 3.50. The van der Waals surface area contributed by atoms with E-state index in [1.54, 1.807) is 0 Å². The molecule has 0 unspecified atom stereocenters. The van der Waals surface area contributed by atoms with E-state index < -0.39 is 0 Å². The number of amides is 1. The van der Waals surface area contributed by atoms with Gasteiger partial charge in [0.05, 0.1) is 5.41 Å². The zero-order chi connectivity index (χ0) is 19.4. The molecule has 1 spiro atoms. The molecular formula is C23H29N3O2. The van der Waals surface area contributed by atoms with Crippen molar-refractivity contribution in [2.24, 2.45) is 5.41 Å². The summed E-state index contributed by atoms with van der Waals surface area (Å²) < 4.78 is 6.07. The molecule has 0 atom stereocenters. The number of hydrogen-bond donors (Lipinski definition) is 0. The van der Waals surface area contributed by atoms with E-state index >= 15 is 0 Å². The third-order valence-corrected chi connectivity index (χ3v) is 5.82. The van der Waals surface area contributed by atoms with Gasteiger partial charge in [0.25, 0.3) is 0 Å². The minimum absolute atomic E-state index is 0.243. The summed E-state index contributed by atoms with van der Waals surface area (Å²) >= 11 is 0. The SMILES string of the molecule is CN1CCCCN(Cc2cccnc2)Cc2cccc(c2)OCC2(CC2)C1=O. The highest BCUT2D eigenvalue weighted by molar-refractivity contribution is 5.85. The molecule has 5 heteroatoms. The number of carbonyl (C=O) groups excluding carboxylic acids is 1. The standard InChI is InChI=1S/C23H29N3O2/c1-25-12-2-3-13-26(17-20-7-5-11-24-15-20)16-19-6-4-8-21(14-19)28-18-23(9-10-23)22(25)27/h4-8,11,14-15H,2-3,9-10,12-13,16-18H2,1H3. The third kappa shape index (κ3) is 4.53. The first-order chi connectivity index (χ1) is 13.6. The van der Waals surface area contributed by atoms with Crippen molar-refractivity contribution in [2.75, 3.05) is 26.7 Å². The average molecular weight is 380 g/mol. The number of ether oxygens (including phenoxy) is 1. The Labute approximate surface area is 167 Å². The fourth-order valence-corrected chi connectivity index (χ4v) is 3.94. The molecule has 2 heterocycles. The van der Waals surface area contributed by atoms with E-state index in [-0.39, 0.29) is 11.3 Å². The molecule has 148 valence electrons. The predicted octanol–water partition coefficient (Wildman–Crippen LogP) is 3.50. The Bertz CT molecular complexity index is 805. The fourth-order valence-electron chi connectivity index (χ4n) is 3.94. The largest absolute Gasteiger partial charge is 0.492 e. The maximum atomic E-state index is 12.9. The molecule has 1 saturated carbocycles. The molecule has 2 aliphatic rings. The van der Waals surface area contributed by atoms with E-state index in [1.165, 1.54) is 11.1 Å². The molecule has 28 heavy (non-hydrogen) atoms. The normalized spacial score (nSPS) is 20.5. The van der Waals surface area contributed by atoms with Crippen molar-refractivity contribution >= 4 is 5.91 Å². The van der Waals surface area contributed by atoms with Crippen LogP contribution < -0.4 is 4.74 Å². The monoisotopic (exact) mass is 379 g/mol. The molecule has 2 aromatic rings. The van der Waals surface area contributed by atoms with Crippen LogP contribution in [-0.4, -0.2) is 47.4 Å². The maximum absolute atomic E-state index is 12.9. The lowest BCUT2D eigenvalue weighted by Crippen LogP contribution is -2.38. The lowest BCUT2D eigenvalue weighted by Gasteiger charge is -2.26. The molecule has 1 fully saturated rings. The van der Waals surface area contributed by atoms with Gasteiger partial charge in [-0.15, -0.1) is 0 Å². The molecule has 5 nitrogen and oxygen atoms in total. The van der Waals surface area contributed by atoms with Crippen LogP contribution in [0.25, 0.3) is 0 Å². The summed E-state index contributed by atoms with van der Waals surface area (Å²) in [4.78, 5) is 21.5. The summed E-state index contributed by atoms with van der Waals surface area (Å²) in [5, 5.41) is 0. The van der Waals surface area contributed by atoms with Crippen LogP contribution in [0.3, 0.4) is 0 Å². The first-order valence-electron chi connectivity index (χ1n) is 10.2. The van der Waals surface area contributed by atoms with Gasteiger partial charge in [0, 0.05) is 39.1 Å². The Hall–Kier alpha value is -2.40. The first kappa shape index (κ1) is 18.9. The summed E-state index contributed by atoms with van der Waals surface area (Å²) in [6.45, 7) is 4.04. The number of fused-ring (bicyclic) bond motifs is 2. The van der Waals surface area contributed by atoms with Crippen LogP contribution in [0, 0.1) is 5.41 Å². The molecule has 1 aliphatic carbocycles. The molecule has 1 amide bonds. The summed E-state index contributed by atoms with van der Waals surface area (Å²) in [6, 6.07) is 12.4. The van der Waals surface area contributed by atoms with Crippen LogP contribution >= 0.6 is 0 Å². The Morgan fingerprint density at radius 3 is 2.79 bits per heavy atom. The van der Waals surface area contributed by atoms with Crippen LogP contribution in [0.4, 0.5) is 0 Å². The summed E-state index contributed by atoms with van der Waals surface area (Å²) in [6.07, 6.45) is 7.71. The lowest BCUT2D eigenvalue weighted by molar-refractivity contribution is -0.136. The van der Waals surface area contributed by atoms with Crippen LogP contribution in [0.15, 0.2) is 48.8 Å². The van der Waals surface area contributed by atoms with Crippen molar-refractivity contribution in [2.45, 2.75) is 38.8 Å². The molecule has 1 aromatic carbocycles. The van der Waals surface area contributed by atoms with Gasteiger partial charge in [0.2, 0.25) is 5.91 Å². The highest BCUT2D eigenvalue weighted by Gasteiger charge is 2.52. The molecule has 0 N–H and O–H groups in total. The van der Waals surface area contributed by atoms with E-state index in [2.05, 4.69) is 28.1 Å². The Kier molecular flexibility index (Phi) is 5.62. The molecule has 1 aliphatic heterocycles. The van der Waals surface area contributed by atoms with Crippen molar-refractivity contribution in [3.63, 3.8) is 0 Å². The molecule has 0 radical (unpaired) electrons. The van der Waals surface area contributed by atoms with Crippen LogP contribution in [-0.2, 0) is 17.9 Å². The number of rotatable bonds is 2. The first-order valence-corrected chi connectivity index (χ1v) is 10.2. The topological polar surface area (TPSA) is 45.7 Å². The lowest BCUT2D eigenvalue weighted by atomic mass is 10.1. The van der Waals surface area contributed by atoms with Crippen LogP contribution in [0.2, 0.25) is 0 Å². The number of aromatic nitrogens is 1. The molecular weight excluding hydrogens is 350 g/mol.